The summed E-state index contributed by atoms with van der Waals surface area (Å²) >= 11 is 0. The van der Waals surface area contributed by atoms with E-state index in [-0.39, 0.29) is 6.10 Å². The van der Waals surface area contributed by atoms with Crippen molar-refractivity contribution in [1.29, 1.82) is 0 Å². The summed E-state index contributed by atoms with van der Waals surface area (Å²) in [5, 5.41) is 6.91. The standard InChI is InChI=1S/C35H49N9O3S/c1-23(2)47-31-22-30(43-14-11-26(12-15-43)42-19-17-41(4)18-20-42)24(3)21-28(31)35(36)39-33-27(9-13-37-33)34(40-35)38-29-8-6-7-25-10-16-44(32(25)29)48(5,45)46/h6-9,13,21-23,26,37,39H,10-12,14-20,36H2,1-5H3,(H,38,40). The molecule has 7 rings (SSSR count). The molecule has 1 aromatic heterocycles. The van der Waals surface area contributed by atoms with Gasteiger partial charge in [-0.15, -0.1) is 0 Å². The minimum Gasteiger partial charge on any atom is -0.490 e. The van der Waals surface area contributed by atoms with Gasteiger partial charge in [-0.2, -0.15) is 0 Å². The molecule has 5 heterocycles. The smallest absolute Gasteiger partial charge is 0.232 e. The number of piperidine rings is 1. The van der Waals surface area contributed by atoms with Gasteiger partial charge >= 0.3 is 0 Å². The highest BCUT2D eigenvalue weighted by Gasteiger charge is 2.38. The predicted molar refractivity (Wildman–Crippen MR) is 194 cm³/mol. The van der Waals surface area contributed by atoms with Crippen LogP contribution in [0.5, 0.6) is 5.75 Å². The van der Waals surface area contributed by atoms with Crippen molar-refractivity contribution >= 4 is 38.7 Å². The van der Waals surface area contributed by atoms with Gasteiger partial charge in [0.05, 0.1) is 34.9 Å². The molecule has 0 amide bonds. The van der Waals surface area contributed by atoms with Gasteiger partial charge in [-0.3, -0.25) is 14.9 Å². The second kappa shape index (κ2) is 12.6. The molecule has 1 atom stereocenters. The van der Waals surface area contributed by atoms with Crippen LogP contribution >= 0.6 is 0 Å². The number of aliphatic imine (C=N–C) groups is 1. The number of hydrogen-bond donors (Lipinski definition) is 4. The van der Waals surface area contributed by atoms with Crippen LogP contribution < -0.4 is 30.3 Å². The number of benzene rings is 2. The van der Waals surface area contributed by atoms with Crippen molar-refractivity contribution < 1.29 is 13.2 Å². The van der Waals surface area contributed by atoms with Crippen molar-refractivity contribution in [3.8, 4) is 5.75 Å². The number of para-hydroxylation sites is 1. The van der Waals surface area contributed by atoms with E-state index >= 15 is 0 Å². The Kier molecular flexibility index (Phi) is 8.59. The number of H-pyrrole nitrogens is 1. The SMILES string of the molecule is Cc1cc(C2(N)N=C(Nc3cccc4c3N(S(C)(=O)=O)CC4)c3cc[nH]c3N2)c(OC(C)C)cc1N1CCC(N2CCN(C)CC2)CC1. The lowest BCUT2D eigenvalue weighted by molar-refractivity contribution is 0.0982. The van der Waals surface area contributed by atoms with E-state index in [1.807, 2.05) is 44.3 Å². The third kappa shape index (κ3) is 6.24. The number of nitrogens with two attached hydrogens (primary N) is 1. The number of nitrogens with one attached hydrogen (secondary N) is 3. The van der Waals surface area contributed by atoms with Crippen LogP contribution in [0.3, 0.4) is 0 Å². The van der Waals surface area contributed by atoms with Crippen molar-refractivity contribution in [3.05, 3.63) is 64.8 Å². The molecule has 2 saturated heterocycles. The van der Waals surface area contributed by atoms with Crippen molar-refractivity contribution in [2.75, 3.05) is 79.0 Å². The minimum absolute atomic E-state index is 0.0778. The summed E-state index contributed by atoms with van der Waals surface area (Å²) in [5.74, 6) is 0.551. The molecule has 0 bridgehead atoms. The summed E-state index contributed by atoms with van der Waals surface area (Å²) in [4.78, 5) is 16.0. The number of amidine groups is 1. The molecule has 0 radical (unpaired) electrons. The Morgan fingerprint density at radius 2 is 1.81 bits per heavy atom. The number of piperazine rings is 1. The van der Waals surface area contributed by atoms with Crippen LogP contribution in [0.1, 0.15) is 48.9 Å². The van der Waals surface area contributed by atoms with E-state index in [9.17, 15) is 8.42 Å². The number of aromatic nitrogens is 1. The van der Waals surface area contributed by atoms with Gasteiger partial charge in [0.1, 0.15) is 17.4 Å². The summed E-state index contributed by atoms with van der Waals surface area (Å²) in [7, 11) is -1.25. The Morgan fingerprint density at radius 3 is 2.52 bits per heavy atom. The van der Waals surface area contributed by atoms with Crippen LogP contribution in [0, 0.1) is 6.92 Å². The average molecular weight is 676 g/mol. The molecule has 12 nitrogen and oxygen atoms in total. The number of rotatable bonds is 7. The number of sulfonamides is 1. The first-order chi connectivity index (χ1) is 22.9. The van der Waals surface area contributed by atoms with E-state index in [2.05, 4.69) is 56.4 Å². The number of aromatic amines is 1. The molecule has 0 spiro atoms. The molecule has 13 heteroatoms. The third-order valence-corrected chi connectivity index (χ3v) is 11.3. The highest BCUT2D eigenvalue weighted by Crippen LogP contribution is 2.42. The Hall–Kier alpha value is -3.78. The highest BCUT2D eigenvalue weighted by molar-refractivity contribution is 7.92. The van der Waals surface area contributed by atoms with Crippen LogP contribution in [0.25, 0.3) is 0 Å². The van der Waals surface area contributed by atoms with Gasteiger partial charge in [0.25, 0.3) is 0 Å². The maximum absolute atomic E-state index is 12.7. The second-order valence-electron chi connectivity index (χ2n) is 14.0. The lowest BCUT2D eigenvalue weighted by Crippen LogP contribution is -2.52. The zero-order valence-corrected chi connectivity index (χ0v) is 29.5. The largest absolute Gasteiger partial charge is 0.490 e. The summed E-state index contributed by atoms with van der Waals surface area (Å²) in [6.07, 6.45) is 5.94. The number of anilines is 4. The summed E-state index contributed by atoms with van der Waals surface area (Å²) < 4.78 is 33.3. The number of fused-ring (bicyclic) bond motifs is 2. The third-order valence-electron chi connectivity index (χ3n) is 10.1. The van der Waals surface area contributed by atoms with Crippen LogP contribution in [-0.4, -0.2) is 100 Å². The minimum atomic E-state index is -3.46. The highest BCUT2D eigenvalue weighted by atomic mass is 32.2. The van der Waals surface area contributed by atoms with E-state index < -0.39 is 15.8 Å². The van der Waals surface area contributed by atoms with Crippen LogP contribution in [-0.2, 0) is 22.2 Å². The first kappa shape index (κ1) is 32.8. The quantitative estimate of drug-likeness (QED) is 0.296. The Morgan fingerprint density at radius 1 is 1.06 bits per heavy atom. The molecular formula is C35H49N9O3S. The van der Waals surface area contributed by atoms with E-state index in [1.54, 1.807) is 0 Å². The second-order valence-corrected chi connectivity index (χ2v) is 15.9. The van der Waals surface area contributed by atoms with E-state index in [0.29, 0.717) is 47.8 Å². The van der Waals surface area contributed by atoms with Gasteiger partial charge in [0.15, 0.2) is 0 Å². The van der Waals surface area contributed by atoms with Crippen molar-refractivity contribution in [3.63, 3.8) is 0 Å². The molecule has 2 fully saturated rings. The summed E-state index contributed by atoms with van der Waals surface area (Å²) in [5.41, 5.74) is 13.3. The molecule has 0 saturated carbocycles. The fourth-order valence-electron chi connectivity index (χ4n) is 7.66. The van der Waals surface area contributed by atoms with E-state index in [4.69, 9.17) is 15.5 Å². The Labute approximate surface area is 284 Å². The molecular weight excluding hydrogens is 627 g/mol. The zero-order chi connectivity index (χ0) is 33.8. The molecule has 1 unspecified atom stereocenters. The molecule has 0 aliphatic carbocycles. The van der Waals surface area contributed by atoms with E-state index in [1.165, 1.54) is 10.6 Å². The summed E-state index contributed by atoms with van der Waals surface area (Å²) in [6, 6.07) is 12.6. The lowest BCUT2D eigenvalue weighted by Gasteiger charge is -2.43. The van der Waals surface area contributed by atoms with Crippen molar-refractivity contribution in [2.24, 2.45) is 10.7 Å². The van der Waals surface area contributed by atoms with Gasteiger partial charge < -0.3 is 30.2 Å². The van der Waals surface area contributed by atoms with Crippen LogP contribution in [0.15, 0.2) is 47.6 Å². The Bertz CT molecular complexity index is 1810. The van der Waals surface area contributed by atoms with Crippen molar-refractivity contribution in [2.45, 2.75) is 58.0 Å². The number of hydrogen-bond acceptors (Lipinski definition) is 10. The number of aryl methyl sites for hydroxylation is 1. The van der Waals surface area contributed by atoms with Crippen LogP contribution in [0.2, 0.25) is 0 Å². The lowest BCUT2D eigenvalue weighted by atomic mass is 9.97. The zero-order valence-electron chi connectivity index (χ0n) is 28.7. The predicted octanol–water partition coefficient (Wildman–Crippen LogP) is 3.70. The molecule has 258 valence electrons. The molecule has 4 aliphatic rings. The van der Waals surface area contributed by atoms with Crippen LogP contribution in [0.4, 0.5) is 22.9 Å². The van der Waals surface area contributed by atoms with Gasteiger partial charge in [0.2, 0.25) is 15.8 Å². The molecule has 4 aliphatic heterocycles. The number of likely N-dealkylation sites (N-methyl/N-ethyl adjacent to an activating group) is 1. The Balaban J connectivity index is 1.21. The van der Waals surface area contributed by atoms with Gasteiger partial charge in [-0.1, -0.05) is 12.1 Å². The normalized spacial score (nSPS) is 22.4. The van der Waals surface area contributed by atoms with Gasteiger partial charge in [-0.25, -0.2) is 13.4 Å². The molecule has 48 heavy (non-hydrogen) atoms. The fraction of sp³-hybridized carbons (Fsp3) is 0.514. The van der Waals surface area contributed by atoms with Gasteiger partial charge in [0, 0.05) is 69.8 Å². The molecule has 2 aromatic carbocycles. The maximum atomic E-state index is 12.7. The first-order valence-corrected chi connectivity index (χ1v) is 18.9. The number of ether oxygens (including phenoxy) is 1. The topological polar surface area (TPSA) is 135 Å². The summed E-state index contributed by atoms with van der Waals surface area (Å²) in [6.45, 7) is 13.1. The molecule has 5 N–H and O–H groups in total. The number of nitrogens with zero attached hydrogens (tertiary/aromatic N) is 5. The first-order valence-electron chi connectivity index (χ1n) is 17.1. The molecule has 3 aromatic rings. The average Bonchev–Trinajstić information content (AvgIpc) is 3.70. The van der Waals surface area contributed by atoms with Gasteiger partial charge in [-0.05, 0) is 76.4 Å². The van der Waals surface area contributed by atoms with Crippen molar-refractivity contribution in [1.82, 2.24) is 14.8 Å². The monoisotopic (exact) mass is 675 g/mol. The van der Waals surface area contributed by atoms with E-state index in [0.717, 1.165) is 80.1 Å². The fourth-order valence-corrected chi connectivity index (χ4v) is 8.63. The maximum Gasteiger partial charge on any atom is 0.232 e.